The van der Waals surface area contributed by atoms with Crippen molar-refractivity contribution in [3.05, 3.63) is 59.7 Å². The van der Waals surface area contributed by atoms with Gasteiger partial charge in [0.05, 0.1) is 5.71 Å². The minimum absolute atomic E-state index is 0.0841. The van der Waals surface area contributed by atoms with Crippen molar-refractivity contribution in [2.45, 2.75) is 20.3 Å². The highest BCUT2D eigenvalue weighted by atomic mass is 16.5. The third-order valence-corrected chi connectivity index (χ3v) is 3.35. The number of benzene rings is 2. The van der Waals surface area contributed by atoms with E-state index in [0.717, 1.165) is 12.0 Å². The summed E-state index contributed by atoms with van der Waals surface area (Å²) in [7, 11) is 0. The molecule has 0 aliphatic rings. The van der Waals surface area contributed by atoms with Crippen LogP contribution >= 0.6 is 0 Å². The molecule has 0 atom stereocenters. The van der Waals surface area contributed by atoms with Gasteiger partial charge in [-0.25, -0.2) is 5.43 Å². The van der Waals surface area contributed by atoms with Gasteiger partial charge in [-0.05, 0) is 48.7 Å². The van der Waals surface area contributed by atoms with Crippen molar-refractivity contribution in [3.8, 4) is 5.75 Å². The Morgan fingerprint density at radius 2 is 1.96 bits per heavy atom. The smallest absolute Gasteiger partial charge is 0.277 e. The van der Waals surface area contributed by atoms with E-state index >= 15 is 0 Å². The molecule has 0 heterocycles. The molecular weight excluding hydrogens is 290 g/mol. The molecule has 0 aromatic heterocycles. The summed E-state index contributed by atoms with van der Waals surface area (Å²) in [5, 5.41) is 4.06. The second-order valence-electron chi connectivity index (χ2n) is 5.14. The highest BCUT2D eigenvalue weighted by molar-refractivity contribution is 5.99. The highest BCUT2D eigenvalue weighted by Crippen LogP contribution is 2.12. The zero-order valence-corrected chi connectivity index (χ0v) is 13.4. The highest BCUT2D eigenvalue weighted by Gasteiger charge is 2.03. The molecule has 2 rings (SSSR count). The molecule has 0 saturated heterocycles. The summed E-state index contributed by atoms with van der Waals surface area (Å²) in [6.07, 6.45) is 0.971. The van der Waals surface area contributed by atoms with Crippen LogP contribution in [0.2, 0.25) is 0 Å². The molecule has 5 nitrogen and oxygen atoms in total. The maximum Gasteiger partial charge on any atom is 0.277 e. The van der Waals surface area contributed by atoms with Crippen LogP contribution in [-0.2, 0) is 11.2 Å². The van der Waals surface area contributed by atoms with E-state index in [0.29, 0.717) is 17.1 Å². The summed E-state index contributed by atoms with van der Waals surface area (Å²) in [5.74, 6) is 0.349. The van der Waals surface area contributed by atoms with Gasteiger partial charge in [-0.1, -0.05) is 31.2 Å². The topological polar surface area (TPSA) is 76.7 Å². The standard InChI is InChI=1S/C18H21N3O2/c1-3-14-7-9-17(10-8-14)23-12-18(22)21-20-13(2)15-5-4-6-16(19)11-15/h4-11H,3,12,19H2,1-2H3,(H,21,22)/b20-13-. The number of carbonyl (C=O) groups is 1. The number of nitrogen functional groups attached to an aromatic ring is 1. The third kappa shape index (κ3) is 5.14. The second kappa shape index (κ2) is 7.98. The Bertz CT molecular complexity index is 694. The summed E-state index contributed by atoms with van der Waals surface area (Å²) < 4.78 is 5.42. The van der Waals surface area contributed by atoms with Gasteiger partial charge in [0, 0.05) is 5.69 Å². The number of amides is 1. The Hall–Kier alpha value is -2.82. The van der Waals surface area contributed by atoms with Crippen LogP contribution in [-0.4, -0.2) is 18.2 Å². The zero-order valence-electron chi connectivity index (χ0n) is 13.4. The average molecular weight is 311 g/mol. The number of rotatable bonds is 6. The summed E-state index contributed by atoms with van der Waals surface area (Å²) in [6, 6.07) is 15.0. The normalized spacial score (nSPS) is 11.1. The Kier molecular flexibility index (Phi) is 5.74. The first kappa shape index (κ1) is 16.5. The summed E-state index contributed by atoms with van der Waals surface area (Å²) in [4.78, 5) is 11.8. The molecule has 0 unspecified atom stereocenters. The molecule has 0 fully saturated rings. The fourth-order valence-electron chi connectivity index (χ4n) is 1.98. The molecule has 0 bridgehead atoms. The number of nitrogens with zero attached hydrogens (tertiary/aromatic N) is 1. The monoisotopic (exact) mass is 311 g/mol. The maximum absolute atomic E-state index is 11.8. The molecule has 2 aromatic carbocycles. The average Bonchev–Trinajstić information content (AvgIpc) is 2.58. The quantitative estimate of drug-likeness (QED) is 0.489. The van der Waals surface area contributed by atoms with Crippen molar-refractivity contribution in [1.29, 1.82) is 0 Å². The Morgan fingerprint density at radius 3 is 2.61 bits per heavy atom. The van der Waals surface area contributed by atoms with Crippen molar-refractivity contribution < 1.29 is 9.53 Å². The number of hydrogen-bond acceptors (Lipinski definition) is 4. The number of hydrazone groups is 1. The first-order chi connectivity index (χ1) is 11.1. The Balaban J connectivity index is 1.85. The van der Waals surface area contributed by atoms with Gasteiger partial charge in [0.2, 0.25) is 0 Å². The van der Waals surface area contributed by atoms with E-state index in [1.165, 1.54) is 5.56 Å². The van der Waals surface area contributed by atoms with Crippen LogP contribution in [0.15, 0.2) is 53.6 Å². The summed E-state index contributed by atoms with van der Waals surface area (Å²) in [6.45, 7) is 3.81. The number of carbonyl (C=O) groups excluding carboxylic acids is 1. The molecule has 120 valence electrons. The molecule has 3 N–H and O–H groups in total. The molecule has 0 saturated carbocycles. The van der Waals surface area contributed by atoms with E-state index in [-0.39, 0.29) is 12.5 Å². The largest absolute Gasteiger partial charge is 0.484 e. The van der Waals surface area contributed by atoms with Crippen LogP contribution in [0.25, 0.3) is 0 Å². The van der Waals surface area contributed by atoms with Crippen molar-refractivity contribution in [1.82, 2.24) is 5.43 Å². The molecule has 23 heavy (non-hydrogen) atoms. The first-order valence-corrected chi connectivity index (χ1v) is 7.49. The van der Waals surface area contributed by atoms with Crippen LogP contribution < -0.4 is 15.9 Å². The molecule has 0 aliphatic heterocycles. The molecule has 0 spiro atoms. The van der Waals surface area contributed by atoms with E-state index in [9.17, 15) is 4.79 Å². The van der Waals surface area contributed by atoms with E-state index in [1.54, 1.807) is 19.1 Å². The fourth-order valence-corrected chi connectivity index (χ4v) is 1.98. The van der Waals surface area contributed by atoms with Gasteiger partial charge in [0.1, 0.15) is 5.75 Å². The van der Waals surface area contributed by atoms with Gasteiger partial charge in [0.15, 0.2) is 6.61 Å². The molecule has 5 heteroatoms. The van der Waals surface area contributed by atoms with Crippen LogP contribution in [0.3, 0.4) is 0 Å². The SMILES string of the molecule is CCc1ccc(OCC(=O)N/N=C(/C)c2cccc(N)c2)cc1. The molecular formula is C18H21N3O2. The van der Waals surface area contributed by atoms with Crippen LogP contribution in [0.4, 0.5) is 5.69 Å². The third-order valence-electron chi connectivity index (χ3n) is 3.35. The number of hydrogen-bond donors (Lipinski definition) is 2. The maximum atomic E-state index is 11.8. The zero-order chi connectivity index (χ0) is 16.7. The van der Waals surface area contributed by atoms with Crippen molar-refractivity contribution >= 4 is 17.3 Å². The number of aryl methyl sites for hydroxylation is 1. The van der Waals surface area contributed by atoms with Gasteiger partial charge in [-0.2, -0.15) is 5.10 Å². The molecule has 1 amide bonds. The minimum atomic E-state index is -0.312. The minimum Gasteiger partial charge on any atom is -0.484 e. The van der Waals surface area contributed by atoms with E-state index in [2.05, 4.69) is 17.5 Å². The van der Waals surface area contributed by atoms with Gasteiger partial charge in [0.25, 0.3) is 5.91 Å². The van der Waals surface area contributed by atoms with Crippen molar-refractivity contribution in [2.24, 2.45) is 5.10 Å². The van der Waals surface area contributed by atoms with E-state index in [4.69, 9.17) is 10.5 Å². The van der Waals surface area contributed by atoms with Crippen molar-refractivity contribution in [2.75, 3.05) is 12.3 Å². The van der Waals surface area contributed by atoms with E-state index in [1.807, 2.05) is 36.4 Å². The lowest BCUT2D eigenvalue weighted by Crippen LogP contribution is -2.25. The Labute approximate surface area is 136 Å². The van der Waals surface area contributed by atoms with Gasteiger partial charge >= 0.3 is 0 Å². The van der Waals surface area contributed by atoms with Gasteiger partial charge in [-0.3, -0.25) is 4.79 Å². The second-order valence-corrected chi connectivity index (χ2v) is 5.14. The van der Waals surface area contributed by atoms with Gasteiger partial charge in [-0.15, -0.1) is 0 Å². The number of nitrogens with one attached hydrogen (secondary N) is 1. The lowest BCUT2D eigenvalue weighted by atomic mass is 10.1. The molecule has 0 radical (unpaired) electrons. The number of ether oxygens (including phenoxy) is 1. The fraction of sp³-hybridized carbons (Fsp3) is 0.222. The van der Waals surface area contributed by atoms with Crippen LogP contribution in [0.5, 0.6) is 5.75 Å². The summed E-state index contributed by atoms with van der Waals surface area (Å²) in [5.41, 5.74) is 11.6. The van der Waals surface area contributed by atoms with Gasteiger partial charge < -0.3 is 10.5 Å². The van der Waals surface area contributed by atoms with E-state index < -0.39 is 0 Å². The predicted octanol–water partition coefficient (Wildman–Crippen LogP) is 2.75. The van der Waals surface area contributed by atoms with Crippen LogP contribution in [0.1, 0.15) is 25.0 Å². The first-order valence-electron chi connectivity index (χ1n) is 7.49. The molecule has 2 aromatic rings. The predicted molar refractivity (Wildman–Crippen MR) is 92.5 cm³/mol. The number of nitrogens with two attached hydrogens (primary N) is 1. The Morgan fingerprint density at radius 1 is 1.22 bits per heavy atom. The summed E-state index contributed by atoms with van der Waals surface area (Å²) >= 11 is 0. The molecule has 0 aliphatic carbocycles. The lowest BCUT2D eigenvalue weighted by Gasteiger charge is -2.07. The lowest BCUT2D eigenvalue weighted by molar-refractivity contribution is -0.123. The number of anilines is 1. The van der Waals surface area contributed by atoms with Crippen molar-refractivity contribution in [3.63, 3.8) is 0 Å². The van der Waals surface area contributed by atoms with Crippen LogP contribution in [0, 0.1) is 0 Å².